The Balaban J connectivity index is 1.43. The van der Waals surface area contributed by atoms with Crippen LogP contribution in [0.15, 0.2) is 52.0 Å². The van der Waals surface area contributed by atoms with Gasteiger partial charge in [-0.05, 0) is 57.9 Å². The molecule has 1 saturated heterocycles. The first kappa shape index (κ1) is 17.1. The molecule has 27 heavy (non-hydrogen) atoms. The van der Waals surface area contributed by atoms with E-state index in [1.165, 1.54) is 16.7 Å². The molecule has 0 radical (unpaired) electrons. The van der Waals surface area contributed by atoms with Crippen LogP contribution in [0.5, 0.6) is 0 Å². The van der Waals surface area contributed by atoms with E-state index < -0.39 is 0 Å². The Morgan fingerprint density at radius 2 is 1.93 bits per heavy atom. The van der Waals surface area contributed by atoms with Gasteiger partial charge in [0.2, 0.25) is 0 Å². The predicted molar refractivity (Wildman–Crippen MR) is 111 cm³/mol. The fourth-order valence-electron chi connectivity index (χ4n) is 3.76. The summed E-state index contributed by atoms with van der Waals surface area (Å²) in [7, 11) is 2.19. The molecule has 0 aliphatic carbocycles. The zero-order valence-corrected chi connectivity index (χ0v) is 16.8. The van der Waals surface area contributed by atoms with E-state index in [-0.39, 0.29) is 6.04 Å². The number of piperazine rings is 1. The summed E-state index contributed by atoms with van der Waals surface area (Å²) >= 11 is 3.48. The quantitative estimate of drug-likeness (QED) is 0.523. The van der Waals surface area contributed by atoms with Crippen molar-refractivity contribution in [3.8, 4) is 11.1 Å². The maximum atomic E-state index is 4.57. The molecule has 1 aliphatic rings. The number of thiophene rings is 2. The van der Waals surface area contributed by atoms with Gasteiger partial charge in [0.1, 0.15) is 5.69 Å². The van der Waals surface area contributed by atoms with Crippen LogP contribution in [0, 0.1) is 0 Å². The van der Waals surface area contributed by atoms with Gasteiger partial charge in [-0.25, -0.2) is 4.52 Å². The molecule has 5 rings (SSSR count). The first-order valence-electron chi connectivity index (χ1n) is 9.09. The SMILES string of the molecule is CN1CCN(Cc2ccsc2)C[C@@H]1c1nnn2cc(-c3ccsc3)ccc12. The van der Waals surface area contributed by atoms with Gasteiger partial charge >= 0.3 is 0 Å². The topological polar surface area (TPSA) is 36.7 Å². The average Bonchev–Trinajstić information content (AvgIpc) is 3.44. The monoisotopic (exact) mass is 395 g/mol. The lowest BCUT2D eigenvalue weighted by atomic mass is 10.1. The molecule has 5 heterocycles. The van der Waals surface area contributed by atoms with Gasteiger partial charge < -0.3 is 0 Å². The van der Waals surface area contributed by atoms with Crippen LogP contribution >= 0.6 is 22.7 Å². The zero-order chi connectivity index (χ0) is 18.2. The van der Waals surface area contributed by atoms with Gasteiger partial charge in [0.05, 0.1) is 11.6 Å². The highest BCUT2D eigenvalue weighted by Gasteiger charge is 2.29. The van der Waals surface area contributed by atoms with E-state index in [9.17, 15) is 0 Å². The molecule has 0 N–H and O–H groups in total. The third kappa shape index (κ3) is 3.32. The van der Waals surface area contributed by atoms with Gasteiger partial charge in [-0.1, -0.05) is 11.3 Å². The van der Waals surface area contributed by atoms with Crippen LogP contribution in [0.4, 0.5) is 0 Å². The molecule has 1 aliphatic heterocycles. The molecule has 0 aromatic carbocycles. The first-order chi connectivity index (χ1) is 13.3. The number of hydrogen-bond acceptors (Lipinski definition) is 6. The summed E-state index contributed by atoms with van der Waals surface area (Å²) in [5.74, 6) is 0. The lowest BCUT2D eigenvalue weighted by molar-refractivity contribution is 0.0890. The Hall–Kier alpha value is -2.06. The Labute approximate surface area is 166 Å². The number of likely N-dealkylation sites (N-methyl/N-ethyl adjacent to an activating group) is 1. The van der Waals surface area contributed by atoms with Crippen molar-refractivity contribution in [2.24, 2.45) is 0 Å². The Kier molecular flexibility index (Phi) is 4.53. The third-order valence-electron chi connectivity index (χ3n) is 5.33. The van der Waals surface area contributed by atoms with Crippen molar-refractivity contribution in [3.63, 3.8) is 0 Å². The summed E-state index contributed by atoms with van der Waals surface area (Å²) < 4.78 is 1.92. The molecule has 0 saturated carbocycles. The number of fused-ring (bicyclic) bond motifs is 1. The molecular formula is C20H21N5S2. The number of rotatable bonds is 4. The van der Waals surface area contributed by atoms with E-state index in [1.54, 1.807) is 22.7 Å². The summed E-state index contributed by atoms with van der Waals surface area (Å²) in [5, 5.41) is 17.7. The Bertz CT molecular complexity index is 1020. The third-order valence-corrected chi connectivity index (χ3v) is 6.74. The van der Waals surface area contributed by atoms with Crippen molar-refractivity contribution >= 4 is 28.2 Å². The second kappa shape index (κ2) is 7.16. The minimum Gasteiger partial charge on any atom is -0.296 e. The summed E-state index contributed by atoms with van der Waals surface area (Å²) in [4.78, 5) is 4.93. The standard InChI is InChI=1S/C20H21N5S2/c1-23-6-7-24(10-15-4-8-26-13-15)12-19(23)20-18-3-2-16(11-25(18)22-21-20)17-5-9-27-14-17/h2-5,8-9,11,13-14,19H,6-7,10,12H2,1H3/t19-/m1/s1. The molecule has 4 aromatic rings. The van der Waals surface area contributed by atoms with Crippen LogP contribution in [0.1, 0.15) is 17.3 Å². The Morgan fingerprint density at radius 3 is 2.74 bits per heavy atom. The van der Waals surface area contributed by atoms with Gasteiger partial charge in [-0.3, -0.25) is 9.80 Å². The Morgan fingerprint density at radius 1 is 1.04 bits per heavy atom. The summed E-state index contributed by atoms with van der Waals surface area (Å²) in [5.41, 5.74) is 5.98. The summed E-state index contributed by atoms with van der Waals surface area (Å²) in [6.07, 6.45) is 2.08. The summed E-state index contributed by atoms with van der Waals surface area (Å²) in [6, 6.07) is 8.96. The summed E-state index contributed by atoms with van der Waals surface area (Å²) in [6.45, 7) is 4.12. The van der Waals surface area contributed by atoms with Crippen molar-refractivity contribution in [1.82, 2.24) is 24.6 Å². The molecular weight excluding hydrogens is 374 g/mol. The van der Waals surface area contributed by atoms with Crippen molar-refractivity contribution in [2.75, 3.05) is 26.7 Å². The lowest BCUT2D eigenvalue weighted by Crippen LogP contribution is -2.46. The fourth-order valence-corrected chi connectivity index (χ4v) is 5.09. The molecule has 0 bridgehead atoms. The van der Waals surface area contributed by atoms with E-state index in [0.29, 0.717) is 0 Å². The highest BCUT2D eigenvalue weighted by molar-refractivity contribution is 7.08. The van der Waals surface area contributed by atoms with Gasteiger partial charge in [-0.2, -0.15) is 22.7 Å². The van der Waals surface area contributed by atoms with Gasteiger partial charge in [-0.15, -0.1) is 5.10 Å². The van der Waals surface area contributed by atoms with E-state index in [2.05, 4.69) is 79.1 Å². The number of pyridine rings is 1. The second-order valence-corrected chi connectivity index (χ2v) is 8.66. The van der Waals surface area contributed by atoms with Gasteiger partial charge in [0.15, 0.2) is 0 Å². The molecule has 138 valence electrons. The number of aromatic nitrogens is 3. The van der Waals surface area contributed by atoms with Crippen molar-refractivity contribution in [1.29, 1.82) is 0 Å². The van der Waals surface area contributed by atoms with Crippen LogP contribution in [-0.4, -0.2) is 51.3 Å². The van der Waals surface area contributed by atoms with Crippen LogP contribution in [-0.2, 0) is 6.54 Å². The van der Waals surface area contributed by atoms with Gasteiger partial charge in [0.25, 0.3) is 0 Å². The minimum absolute atomic E-state index is 0.266. The molecule has 0 amide bonds. The molecule has 1 atom stereocenters. The molecule has 4 aromatic heterocycles. The van der Waals surface area contributed by atoms with Crippen molar-refractivity contribution < 1.29 is 0 Å². The van der Waals surface area contributed by atoms with E-state index >= 15 is 0 Å². The van der Waals surface area contributed by atoms with Crippen molar-refractivity contribution in [2.45, 2.75) is 12.6 Å². The highest BCUT2D eigenvalue weighted by atomic mass is 32.1. The molecule has 7 heteroatoms. The van der Waals surface area contributed by atoms with Crippen molar-refractivity contribution in [3.05, 3.63) is 63.2 Å². The predicted octanol–water partition coefficient (Wildman–Crippen LogP) is 4.01. The van der Waals surface area contributed by atoms with Crippen LogP contribution < -0.4 is 0 Å². The first-order valence-corrected chi connectivity index (χ1v) is 11.0. The van der Waals surface area contributed by atoms with Crippen LogP contribution in [0.3, 0.4) is 0 Å². The van der Waals surface area contributed by atoms with Crippen LogP contribution in [0.2, 0.25) is 0 Å². The maximum absolute atomic E-state index is 4.57. The molecule has 5 nitrogen and oxygen atoms in total. The molecule has 0 spiro atoms. The second-order valence-electron chi connectivity index (χ2n) is 7.10. The number of nitrogens with zero attached hydrogens (tertiary/aromatic N) is 5. The maximum Gasteiger partial charge on any atom is 0.109 e. The lowest BCUT2D eigenvalue weighted by Gasteiger charge is -2.38. The largest absolute Gasteiger partial charge is 0.296 e. The average molecular weight is 396 g/mol. The zero-order valence-electron chi connectivity index (χ0n) is 15.2. The highest BCUT2D eigenvalue weighted by Crippen LogP contribution is 2.29. The smallest absolute Gasteiger partial charge is 0.109 e. The van der Waals surface area contributed by atoms with E-state index in [4.69, 9.17) is 0 Å². The number of hydrogen-bond donors (Lipinski definition) is 0. The van der Waals surface area contributed by atoms with E-state index in [1.807, 2.05) is 4.52 Å². The fraction of sp³-hybridized carbons (Fsp3) is 0.300. The minimum atomic E-state index is 0.266. The molecule has 1 fully saturated rings. The normalized spacial score (nSPS) is 19.1. The molecule has 0 unspecified atom stereocenters. The van der Waals surface area contributed by atoms with E-state index in [0.717, 1.165) is 37.4 Å². The van der Waals surface area contributed by atoms with Gasteiger partial charge in [0, 0.05) is 37.9 Å². The van der Waals surface area contributed by atoms with Crippen LogP contribution in [0.25, 0.3) is 16.6 Å².